The van der Waals surface area contributed by atoms with Crippen molar-refractivity contribution >= 4 is 0 Å². The van der Waals surface area contributed by atoms with Crippen LogP contribution in [0.5, 0.6) is 0 Å². The van der Waals surface area contributed by atoms with E-state index in [1.54, 1.807) is 0 Å². The molecular formula is C12H16O. The summed E-state index contributed by atoms with van der Waals surface area (Å²) in [4.78, 5) is 0. The third kappa shape index (κ3) is 1.61. The third-order valence-electron chi connectivity index (χ3n) is 3.01. The Balaban J connectivity index is 2.28. The Labute approximate surface area is 79.4 Å². The molecule has 1 fully saturated rings. The van der Waals surface area contributed by atoms with Crippen molar-refractivity contribution in [3.05, 3.63) is 35.4 Å². The largest absolute Gasteiger partial charge is 0.385 e. The van der Waals surface area contributed by atoms with Gasteiger partial charge < -0.3 is 5.11 Å². The average molecular weight is 176 g/mol. The van der Waals surface area contributed by atoms with Crippen molar-refractivity contribution in [3.63, 3.8) is 0 Å². The molecule has 1 aromatic carbocycles. The highest BCUT2D eigenvalue weighted by Gasteiger charge is 2.40. The van der Waals surface area contributed by atoms with Gasteiger partial charge >= 0.3 is 0 Å². The van der Waals surface area contributed by atoms with E-state index in [1.807, 2.05) is 19.1 Å². The molecule has 1 aromatic rings. The highest BCUT2D eigenvalue weighted by Crippen LogP contribution is 2.45. The molecule has 1 atom stereocenters. The summed E-state index contributed by atoms with van der Waals surface area (Å²) in [6.45, 7) is 3.99. The highest BCUT2D eigenvalue weighted by atomic mass is 16.3. The van der Waals surface area contributed by atoms with Gasteiger partial charge in [-0.15, -0.1) is 0 Å². The summed E-state index contributed by atoms with van der Waals surface area (Å²) in [5, 5.41) is 10.2. The van der Waals surface area contributed by atoms with E-state index in [0.29, 0.717) is 5.92 Å². The van der Waals surface area contributed by atoms with Crippen LogP contribution in [-0.2, 0) is 5.60 Å². The normalized spacial score (nSPS) is 21.2. The van der Waals surface area contributed by atoms with Crippen LogP contribution < -0.4 is 0 Å². The van der Waals surface area contributed by atoms with Gasteiger partial charge in [0.25, 0.3) is 0 Å². The maximum Gasteiger partial charge on any atom is 0.0896 e. The van der Waals surface area contributed by atoms with Crippen LogP contribution in [0.2, 0.25) is 0 Å². The zero-order chi connectivity index (χ0) is 9.47. The van der Waals surface area contributed by atoms with Crippen LogP contribution >= 0.6 is 0 Å². The molecule has 0 aromatic heterocycles. The molecule has 2 rings (SSSR count). The highest BCUT2D eigenvalue weighted by molar-refractivity contribution is 5.27. The number of benzene rings is 1. The smallest absolute Gasteiger partial charge is 0.0896 e. The molecule has 0 saturated heterocycles. The monoisotopic (exact) mass is 176 g/mol. The molecule has 13 heavy (non-hydrogen) atoms. The van der Waals surface area contributed by atoms with E-state index in [9.17, 15) is 5.11 Å². The van der Waals surface area contributed by atoms with E-state index in [0.717, 1.165) is 5.56 Å². The summed E-state index contributed by atoms with van der Waals surface area (Å²) in [5.41, 5.74) is 1.70. The molecule has 1 N–H and O–H groups in total. The zero-order valence-electron chi connectivity index (χ0n) is 8.25. The van der Waals surface area contributed by atoms with E-state index >= 15 is 0 Å². The number of hydrogen-bond donors (Lipinski definition) is 1. The van der Waals surface area contributed by atoms with Crippen molar-refractivity contribution in [3.8, 4) is 0 Å². The Morgan fingerprint density at radius 1 is 1.23 bits per heavy atom. The van der Waals surface area contributed by atoms with Gasteiger partial charge in [-0.25, -0.2) is 0 Å². The van der Waals surface area contributed by atoms with Gasteiger partial charge in [0.05, 0.1) is 5.60 Å². The van der Waals surface area contributed by atoms with Gasteiger partial charge in [-0.2, -0.15) is 0 Å². The predicted molar refractivity (Wildman–Crippen MR) is 53.5 cm³/mol. The Morgan fingerprint density at radius 2 is 1.77 bits per heavy atom. The zero-order valence-corrected chi connectivity index (χ0v) is 8.25. The van der Waals surface area contributed by atoms with Crippen molar-refractivity contribution in [1.82, 2.24) is 0 Å². The lowest BCUT2D eigenvalue weighted by molar-refractivity contribution is 0.0331. The van der Waals surface area contributed by atoms with Crippen LogP contribution in [0.4, 0.5) is 0 Å². The summed E-state index contributed by atoms with van der Waals surface area (Å²) in [7, 11) is 0. The van der Waals surface area contributed by atoms with Crippen LogP contribution in [0.3, 0.4) is 0 Å². The van der Waals surface area contributed by atoms with Crippen LogP contribution in [0.25, 0.3) is 0 Å². The van der Waals surface area contributed by atoms with Crippen molar-refractivity contribution in [2.45, 2.75) is 32.3 Å². The third-order valence-corrected chi connectivity index (χ3v) is 3.01. The first kappa shape index (κ1) is 8.76. The summed E-state index contributed by atoms with van der Waals surface area (Å²) in [6, 6.07) is 8.19. The van der Waals surface area contributed by atoms with E-state index < -0.39 is 5.60 Å². The van der Waals surface area contributed by atoms with Crippen molar-refractivity contribution in [1.29, 1.82) is 0 Å². The first-order valence-corrected chi connectivity index (χ1v) is 4.90. The molecule has 0 heterocycles. The Morgan fingerprint density at radius 3 is 2.23 bits per heavy atom. The van der Waals surface area contributed by atoms with E-state index in [1.165, 1.54) is 18.4 Å². The first-order valence-electron chi connectivity index (χ1n) is 4.90. The maximum absolute atomic E-state index is 10.2. The average Bonchev–Trinajstić information content (AvgIpc) is 2.87. The Hall–Kier alpha value is -0.820. The maximum atomic E-state index is 10.2. The standard InChI is InChI=1S/C12H16O/c1-9-3-5-10(6-4-9)12(2,13)11-7-8-11/h3-6,11,13H,7-8H2,1-2H3/t12-/m0/s1. The fourth-order valence-electron chi connectivity index (χ4n) is 1.77. The van der Waals surface area contributed by atoms with E-state index in [-0.39, 0.29) is 0 Å². The summed E-state index contributed by atoms with van der Waals surface area (Å²) in [5.74, 6) is 0.482. The van der Waals surface area contributed by atoms with Crippen LogP contribution in [0.15, 0.2) is 24.3 Å². The number of aryl methyl sites for hydroxylation is 1. The van der Waals surface area contributed by atoms with Gasteiger partial charge in [-0.3, -0.25) is 0 Å². The lowest BCUT2D eigenvalue weighted by Crippen LogP contribution is -2.23. The fraction of sp³-hybridized carbons (Fsp3) is 0.500. The minimum Gasteiger partial charge on any atom is -0.385 e. The topological polar surface area (TPSA) is 20.2 Å². The SMILES string of the molecule is Cc1ccc([C@](C)(O)C2CC2)cc1. The molecule has 1 heteroatoms. The molecule has 1 aliphatic rings. The van der Waals surface area contributed by atoms with Gasteiger partial charge in [0.2, 0.25) is 0 Å². The Kier molecular flexibility index (Phi) is 1.92. The number of aliphatic hydroxyl groups is 1. The molecule has 0 aliphatic heterocycles. The molecule has 1 nitrogen and oxygen atoms in total. The molecule has 0 amide bonds. The number of hydrogen-bond acceptors (Lipinski definition) is 1. The molecular weight excluding hydrogens is 160 g/mol. The quantitative estimate of drug-likeness (QED) is 0.734. The van der Waals surface area contributed by atoms with Gasteiger partial charge in [0.15, 0.2) is 0 Å². The fourth-order valence-corrected chi connectivity index (χ4v) is 1.77. The Bertz CT molecular complexity index is 293. The molecule has 70 valence electrons. The molecule has 0 radical (unpaired) electrons. The lowest BCUT2D eigenvalue weighted by Gasteiger charge is -2.23. The second kappa shape index (κ2) is 2.85. The first-order chi connectivity index (χ1) is 6.10. The minimum absolute atomic E-state index is 0.482. The van der Waals surface area contributed by atoms with Gasteiger partial charge in [0.1, 0.15) is 0 Å². The predicted octanol–water partition coefficient (Wildman–Crippen LogP) is 2.61. The minimum atomic E-state index is -0.603. The van der Waals surface area contributed by atoms with Gasteiger partial charge in [0, 0.05) is 0 Å². The van der Waals surface area contributed by atoms with Crippen molar-refractivity contribution < 1.29 is 5.11 Å². The molecule has 0 bridgehead atoms. The van der Waals surface area contributed by atoms with Crippen LogP contribution in [0.1, 0.15) is 30.9 Å². The molecule has 1 aliphatic carbocycles. The van der Waals surface area contributed by atoms with Crippen molar-refractivity contribution in [2.75, 3.05) is 0 Å². The molecule has 1 saturated carbocycles. The number of rotatable bonds is 2. The molecule has 0 spiro atoms. The van der Waals surface area contributed by atoms with Crippen LogP contribution in [0, 0.1) is 12.8 Å². The second-order valence-corrected chi connectivity index (χ2v) is 4.29. The van der Waals surface area contributed by atoms with E-state index in [2.05, 4.69) is 19.1 Å². The second-order valence-electron chi connectivity index (χ2n) is 4.29. The van der Waals surface area contributed by atoms with E-state index in [4.69, 9.17) is 0 Å². The summed E-state index contributed by atoms with van der Waals surface area (Å²) in [6.07, 6.45) is 2.34. The summed E-state index contributed by atoms with van der Waals surface area (Å²) < 4.78 is 0. The van der Waals surface area contributed by atoms with Gasteiger partial charge in [-0.05, 0) is 38.2 Å². The summed E-state index contributed by atoms with van der Waals surface area (Å²) >= 11 is 0. The molecule has 0 unspecified atom stereocenters. The lowest BCUT2D eigenvalue weighted by atomic mass is 9.90. The van der Waals surface area contributed by atoms with Crippen LogP contribution in [-0.4, -0.2) is 5.11 Å². The van der Waals surface area contributed by atoms with Gasteiger partial charge in [-0.1, -0.05) is 29.8 Å². The van der Waals surface area contributed by atoms with Crippen molar-refractivity contribution in [2.24, 2.45) is 5.92 Å².